The summed E-state index contributed by atoms with van der Waals surface area (Å²) in [5.74, 6) is -0.305. The van der Waals surface area contributed by atoms with Gasteiger partial charge in [0.1, 0.15) is 6.04 Å². The van der Waals surface area contributed by atoms with Gasteiger partial charge in [0.15, 0.2) is 6.10 Å². The number of β-lactam (4-membered cyclic amide) rings is 1. The van der Waals surface area contributed by atoms with E-state index >= 15 is 0 Å². The monoisotopic (exact) mass is 521 g/mol. The number of carbonyl (C=O) groups excluding carboxylic acids is 2. The molecular formula is C23H24INO3S. The van der Waals surface area contributed by atoms with Crippen LogP contribution < -0.4 is 0 Å². The summed E-state index contributed by atoms with van der Waals surface area (Å²) in [7, 11) is 0. The number of esters is 1. The molecule has 4 atom stereocenters. The van der Waals surface area contributed by atoms with Crippen LogP contribution in [0.5, 0.6) is 0 Å². The topological polar surface area (TPSA) is 46.6 Å². The second-order valence-corrected chi connectivity index (χ2v) is 11.8. The molecule has 0 N–H and O–H groups in total. The molecule has 0 radical (unpaired) electrons. The number of fused-ring (bicyclic) bond motifs is 1. The largest absolute Gasteiger partial charge is 0.451 e. The van der Waals surface area contributed by atoms with Crippen LogP contribution in [0.4, 0.5) is 0 Å². The van der Waals surface area contributed by atoms with Crippen LogP contribution in [0.15, 0.2) is 60.7 Å². The highest BCUT2D eigenvalue weighted by Crippen LogP contribution is 2.55. The van der Waals surface area contributed by atoms with Gasteiger partial charge in [-0.3, -0.25) is 4.79 Å². The van der Waals surface area contributed by atoms with Crippen molar-refractivity contribution in [3.63, 3.8) is 0 Å². The third-order valence-electron chi connectivity index (χ3n) is 5.64. The molecule has 0 bridgehead atoms. The Morgan fingerprint density at radius 1 is 1.07 bits per heavy atom. The normalized spacial score (nSPS) is 26.0. The van der Waals surface area contributed by atoms with Gasteiger partial charge in [0.05, 0.1) is 11.3 Å². The van der Waals surface area contributed by atoms with E-state index in [0.29, 0.717) is 0 Å². The third-order valence-corrected chi connectivity index (χ3v) is 8.01. The highest BCUT2D eigenvalue weighted by atomic mass is 127. The molecule has 4 nitrogen and oxygen atoms in total. The minimum atomic E-state index is -0.577. The molecule has 2 heterocycles. The average Bonchev–Trinajstić information content (AvgIpc) is 2.94. The van der Waals surface area contributed by atoms with Crippen LogP contribution in [0.1, 0.15) is 38.0 Å². The molecule has 2 aliphatic heterocycles. The molecule has 1 amide bonds. The number of carbonyl (C=O) groups is 2. The van der Waals surface area contributed by atoms with Crippen LogP contribution in [-0.4, -0.2) is 36.9 Å². The molecule has 152 valence electrons. The maximum atomic E-state index is 13.4. The van der Waals surface area contributed by atoms with Crippen molar-refractivity contribution >= 4 is 46.2 Å². The summed E-state index contributed by atoms with van der Waals surface area (Å²) in [5.41, 5.74) is 1.83. The molecule has 0 aliphatic carbocycles. The minimum absolute atomic E-state index is 0.0308. The van der Waals surface area contributed by atoms with Crippen LogP contribution in [0.25, 0.3) is 0 Å². The van der Waals surface area contributed by atoms with Crippen LogP contribution in [-0.2, 0) is 14.3 Å². The Morgan fingerprint density at radius 3 is 2.07 bits per heavy atom. The average molecular weight is 521 g/mol. The Balaban J connectivity index is 1.62. The fourth-order valence-electron chi connectivity index (χ4n) is 4.21. The van der Waals surface area contributed by atoms with E-state index in [1.165, 1.54) is 0 Å². The molecular weight excluding hydrogens is 497 g/mol. The number of thioether (sulfide) groups is 1. The van der Waals surface area contributed by atoms with Crippen LogP contribution in [0.2, 0.25) is 0 Å². The summed E-state index contributed by atoms with van der Waals surface area (Å²) >= 11 is 4.02. The molecule has 2 aliphatic rings. The third kappa shape index (κ3) is 3.69. The molecule has 0 aromatic heterocycles. The van der Waals surface area contributed by atoms with Gasteiger partial charge in [0, 0.05) is 8.67 Å². The van der Waals surface area contributed by atoms with E-state index in [9.17, 15) is 9.59 Å². The molecule has 2 aromatic carbocycles. The molecule has 6 heteroatoms. The zero-order chi connectivity index (χ0) is 20.8. The lowest BCUT2D eigenvalue weighted by Gasteiger charge is -2.45. The molecule has 0 spiro atoms. The second-order valence-electron chi connectivity index (χ2n) is 8.10. The van der Waals surface area contributed by atoms with Gasteiger partial charge in [-0.15, -0.1) is 11.8 Å². The fourth-order valence-corrected chi connectivity index (χ4v) is 6.99. The SMILES string of the molecule is CC(I)[C@@H]1C(=O)N2[C@@H]1SC(C)(C)[C@@H]2C(=O)OC(c1ccccc1)c1ccccc1. The number of halogens is 1. The maximum Gasteiger partial charge on any atom is 0.331 e. The Hall–Kier alpha value is -1.54. The molecule has 0 saturated carbocycles. The number of hydrogen-bond acceptors (Lipinski definition) is 4. The van der Waals surface area contributed by atoms with E-state index in [-0.39, 0.29) is 27.1 Å². The van der Waals surface area contributed by atoms with Gasteiger partial charge in [0.2, 0.25) is 5.91 Å². The molecule has 2 saturated heterocycles. The summed E-state index contributed by atoms with van der Waals surface area (Å²) in [6.45, 7) is 6.12. The standard InChI is InChI=1S/C23H24INO3S/c1-14(24)17-20(26)25-19(23(2,3)29-21(17)25)22(27)28-18(15-10-6-4-7-11-15)16-12-8-5-9-13-16/h4-14,17-19,21H,1-3H3/t14?,17-,19+,21-/m1/s1. The number of benzene rings is 2. The van der Waals surface area contributed by atoms with E-state index in [4.69, 9.17) is 4.74 Å². The number of alkyl halides is 1. The Morgan fingerprint density at radius 2 is 1.59 bits per heavy atom. The van der Waals surface area contributed by atoms with Gasteiger partial charge in [-0.1, -0.05) is 90.2 Å². The first-order chi connectivity index (χ1) is 13.8. The van der Waals surface area contributed by atoms with E-state index < -0.39 is 16.9 Å². The summed E-state index contributed by atoms with van der Waals surface area (Å²) in [6, 6.07) is 18.9. The molecule has 29 heavy (non-hydrogen) atoms. The number of nitrogens with zero attached hydrogens (tertiary/aromatic N) is 1. The van der Waals surface area contributed by atoms with Crippen molar-refractivity contribution in [1.82, 2.24) is 4.90 Å². The number of rotatable bonds is 5. The highest BCUT2D eigenvalue weighted by molar-refractivity contribution is 14.1. The van der Waals surface area contributed by atoms with Gasteiger partial charge in [-0.25, -0.2) is 4.79 Å². The van der Waals surface area contributed by atoms with E-state index in [2.05, 4.69) is 29.5 Å². The number of amides is 1. The Bertz CT molecular complexity index is 863. The van der Waals surface area contributed by atoms with Crippen molar-refractivity contribution in [2.75, 3.05) is 0 Å². The van der Waals surface area contributed by atoms with Crippen molar-refractivity contribution in [1.29, 1.82) is 0 Å². The summed E-state index contributed by atoms with van der Waals surface area (Å²) in [6.07, 6.45) is -0.500. The van der Waals surface area contributed by atoms with Gasteiger partial charge in [-0.05, 0) is 25.0 Å². The zero-order valence-electron chi connectivity index (χ0n) is 16.6. The van der Waals surface area contributed by atoms with Crippen molar-refractivity contribution < 1.29 is 14.3 Å². The lowest BCUT2D eigenvalue weighted by Crippen LogP contribution is -2.64. The summed E-state index contributed by atoms with van der Waals surface area (Å²) in [5, 5.41) is 0.0499. The van der Waals surface area contributed by atoms with E-state index in [1.54, 1.807) is 16.7 Å². The number of ether oxygens (including phenoxy) is 1. The van der Waals surface area contributed by atoms with Crippen LogP contribution >= 0.6 is 34.4 Å². The smallest absolute Gasteiger partial charge is 0.331 e. The van der Waals surface area contributed by atoms with Gasteiger partial charge in [0.25, 0.3) is 0 Å². The van der Waals surface area contributed by atoms with Gasteiger partial charge in [-0.2, -0.15) is 0 Å². The lowest BCUT2D eigenvalue weighted by molar-refractivity contribution is -0.168. The predicted octanol–water partition coefficient (Wildman–Crippen LogP) is 4.82. The minimum Gasteiger partial charge on any atom is -0.451 e. The van der Waals surface area contributed by atoms with E-state index in [1.807, 2.05) is 74.5 Å². The predicted molar refractivity (Wildman–Crippen MR) is 124 cm³/mol. The zero-order valence-corrected chi connectivity index (χ0v) is 19.6. The maximum absolute atomic E-state index is 13.4. The second kappa shape index (κ2) is 7.95. The molecule has 1 unspecified atom stereocenters. The van der Waals surface area contributed by atoms with Crippen molar-refractivity contribution in [2.45, 2.75) is 47.0 Å². The Labute approximate surface area is 189 Å². The highest BCUT2D eigenvalue weighted by Gasteiger charge is 2.64. The number of hydrogen-bond donors (Lipinski definition) is 0. The quantitative estimate of drug-likeness (QED) is 0.245. The van der Waals surface area contributed by atoms with Crippen LogP contribution in [0.3, 0.4) is 0 Å². The first-order valence-electron chi connectivity index (χ1n) is 9.75. The molecule has 2 fully saturated rings. The molecule has 4 rings (SSSR count). The van der Waals surface area contributed by atoms with Gasteiger partial charge < -0.3 is 9.64 Å². The van der Waals surface area contributed by atoms with Crippen molar-refractivity contribution in [3.8, 4) is 0 Å². The van der Waals surface area contributed by atoms with Crippen molar-refractivity contribution in [3.05, 3.63) is 71.8 Å². The summed E-state index contributed by atoms with van der Waals surface area (Å²) in [4.78, 5) is 28.0. The lowest BCUT2D eigenvalue weighted by atomic mass is 9.90. The summed E-state index contributed by atoms with van der Waals surface area (Å²) < 4.78 is 5.93. The van der Waals surface area contributed by atoms with Crippen LogP contribution in [0, 0.1) is 5.92 Å². The van der Waals surface area contributed by atoms with E-state index in [0.717, 1.165) is 11.1 Å². The van der Waals surface area contributed by atoms with Gasteiger partial charge >= 0.3 is 5.97 Å². The fraction of sp³-hybridized carbons (Fsp3) is 0.391. The first kappa shape index (κ1) is 20.7. The molecule has 2 aromatic rings. The van der Waals surface area contributed by atoms with Crippen molar-refractivity contribution in [2.24, 2.45) is 5.92 Å². The Kier molecular flexibility index (Phi) is 5.68. The first-order valence-corrected chi connectivity index (χ1v) is 11.9.